The van der Waals surface area contributed by atoms with Crippen molar-refractivity contribution in [3.05, 3.63) is 52.4 Å². The van der Waals surface area contributed by atoms with Gasteiger partial charge in [-0.25, -0.2) is 0 Å². The van der Waals surface area contributed by atoms with Crippen LogP contribution in [0.4, 0.5) is 0 Å². The van der Waals surface area contributed by atoms with Crippen molar-refractivity contribution >= 4 is 26.9 Å². The van der Waals surface area contributed by atoms with E-state index in [0.29, 0.717) is 5.75 Å². The van der Waals surface area contributed by atoms with Gasteiger partial charge in [-0.3, -0.25) is 9.20 Å². The third-order valence-corrected chi connectivity index (χ3v) is 5.02. The molecule has 3 rings (SSSR count). The molecule has 0 amide bonds. The lowest BCUT2D eigenvalue weighted by molar-refractivity contribution is 0.0123. The Hall–Kier alpha value is -1.88. The molecule has 0 saturated heterocycles. The van der Waals surface area contributed by atoms with Crippen molar-refractivity contribution in [3.8, 4) is 0 Å². The minimum Gasteiger partial charge on any atom is -0.389 e. The smallest absolute Gasteiger partial charge is 0.259 e. The van der Waals surface area contributed by atoms with E-state index >= 15 is 0 Å². The zero-order chi connectivity index (χ0) is 15.0. The van der Waals surface area contributed by atoms with E-state index in [2.05, 4.69) is 11.0 Å². The van der Waals surface area contributed by atoms with Crippen LogP contribution in [0.3, 0.4) is 0 Å². The van der Waals surface area contributed by atoms with Crippen LogP contribution in [0.25, 0.3) is 5.52 Å². The lowest BCUT2D eigenvalue weighted by Crippen LogP contribution is -2.19. The summed E-state index contributed by atoms with van der Waals surface area (Å²) in [7, 11) is -0.334. The highest BCUT2D eigenvalue weighted by molar-refractivity contribution is 8.26. The van der Waals surface area contributed by atoms with E-state index in [1.807, 2.05) is 44.2 Å². The lowest BCUT2D eigenvalue weighted by Gasteiger charge is -2.14. The van der Waals surface area contributed by atoms with Crippen LogP contribution in [0.5, 0.6) is 0 Å². The van der Waals surface area contributed by atoms with Gasteiger partial charge in [0.15, 0.2) is 0 Å². The Labute approximate surface area is 126 Å². The van der Waals surface area contributed by atoms with Gasteiger partial charge in [0.05, 0.1) is 0 Å². The number of aromatic nitrogens is 1. The van der Waals surface area contributed by atoms with Crippen molar-refractivity contribution in [3.63, 3.8) is 0 Å². The standard InChI is InChI=1S/C16H18N2O2S/c1-16(2)10-14(17-20-16)21(3)11-12-7-8-13-6-4-5-9-18(13)15(12)19/h4-9H,3,10-11H2,1-2H3. The average Bonchev–Trinajstić information content (AvgIpc) is 2.82. The molecule has 0 fully saturated rings. The van der Waals surface area contributed by atoms with Crippen LogP contribution in [0.1, 0.15) is 25.8 Å². The normalized spacial score (nSPS) is 18.3. The van der Waals surface area contributed by atoms with E-state index < -0.39 is 0 Å². The van der Waals surface area contributed by atoms with Gasteiger partial charge in [0, 0.05) is 29.5 Å². The molecule has 0 N–H and O–H groups in total. The van der Waals surface area contributed by atoms with Gasteiger partial charge in [0.25, 0.3) is 5.56 Å². The molecule has 110 valence electrons. The minimum atomic E-state index is -0.334. The summed E-state index contributed by atoms with van der Waals surface area (Å²) in [5.74, 6) is 4.78. The van der Waals surface area contributed by atoms with Gasteiger partial charge in [0.1, 0.15) is 10.6 Å². The van der Waals surface area contributed by atoms with E-state index in [4.69, 9.17) is 4.84 Å². The first kappa shape index (κ1) is 14.1. The molecule has 0 spiro atoms. The summed E-state index contributed by atoms with van der Waals surface area (Å²) in [5, 5.41) is 5.09. The predicted octanol–water partition coefficient (Wildman–Crippen LogP) is 3.01. The first-order valence-electron chi connectivity index (χ1n) is 6.81. The van der Waals surface area contributed by atoms with Gasteiger partial charge < -0.3 is 4.84 Å². The number of pyridine rings is 2. The van der Waals surface area contributed by atoms with Crippen LogP contribution in [0.2, 0.25) is 0 Å². The molecule has 0 aliphatic carbocycles. The number of hydrogen-bond acceptors (Lipinski definition) is 3. The highest BCUT2D eigenvalue weighted by atomic mass is 32.2. The maximum atomic E-state index is 12.5. The maximum Gasteiger partial charge on any atom is 0.259 e. The number of hydrogen-bond donors (Lipinski definition) is 0. The second kappa shape index (κ2) is 5.15. The largest absolute Gasteiger partial charge is 0.389 e. The molecule has 0 bridgehead atoms. The molecule has 0 radical (unpaired) electrons. The van der Waals surface area contributed by atoms with Crippen LogP contribution >= 0.6 is 10.5 Å². The zero-order valence-electron chi connectivity index (χ0n) is 12.2. The maximum absolute atomic E-state index is 12.5. The molecule has 2 aromatic rings. The first-order valence-corrected chi connectivity index (χ1v) is 8.37. The summed E-state index contributed by atoms with van der Waals surface area (Å²) >= 11 is 0. The third kappa shape index (κ3) is 2.78. The second-order valence-electron chi connectivity index (χ2n) is 5.81. The van der Waals surface area contributed by atoms with E-state index in [1.165, 1.54) is 0 Å². The number of rotatable bonds is 2. The summed E-state index contributed by atoms with van der Waals surface area (Å²) < 4.78 is 1.67. The molecule has 21 heavy (non-hydrogen) atoms. The van der Waals surface area contributed by atoms with Crippen LogP contribution in [0.15, 0.2) is 46.5 Å². The van der Waals surface area contributed by atoms with Crippen LogP contribution in [-0.4, -0.2) is 20.9 Å². The average molecular weight is 302 g/mol. The van der Waals surface area contributed by atoms with E-state index in [-0.39, 0.29) is 21.6 Å². The van der Waals surface area contributed by atoms with Gasteiger partial charge in [-0.2, -0.15) is 0 Å². The number of oxime groups is 1. The van der Waals surface area contributed by atoms with Crippen LogP contribution in [-0.2, 0) is 10.6 Å². The Morgan fingerprint density at radius 1 is 1.38 bits per heavy atom. The molecule has 3 heterocycles. The van der Waals surface area contributed by atoms with Crippen molar-refractivity contribution in [2.45, 2.75) is 31.6 Å². The molecule has 0 saturated carbocycles. The Morgan fingerprint density at radius 2 is 2.19 bits per heavy atom. The molecule has 5 heteroatoms. The molecule has 0 aromatic carbocycles. The quantitative estimate of drug-likeness (QED) is 0.800. The SMILES string of the molecule is C=S(Cc1ccc2ccccn2c1=O)C1=NOC(C)(C)C1. The van der Waals surface area contributed by atoms with Crippen molar-refractivity contribution in [1.82, 2.24) is 4.40 Å². The van der Waals surface area contributed by atoms with E-state index in [1.54, 1.807) is 10.6 Å². The fourth-order valence-corrected chi connectivity index (χ4v) is 3.78. The van der Waals surface area contributed by atoms with Crippen molar-refractivity contribution in [2.24, 2.45) is 5.16 Å². The van der Waals surface area contributed by atoms with Crippen molar-refractivity contribution in [2.75, 3.05) is 0 Å². The molecule has 1 aliphatic heterocycles. The Balaban J connectivity index is 1.87. The fourth-order valence-electron chi connectivity index (χ4n) is 2.33. The Kier molecular flexibility index (Phi) is 3.45. The summed E-state index contributed by atoms with van der Waals surface area (Å²) in [6, 6.07) is 9.56. The minimum absolute atomic E-state index is 0.0213. The number of nitrogens with zero attached hydrogens (tertiary/aromatic N) is 2. The molecule has 1 atom stereocenters. The van der Waals surface area contributed by atoms with E-state index in [0.717, 1.165) is 22.5 Å². The Bertz CT molecular complexity index is 805. The monoisotopic (exact) mass is 302 g/mol. The van der Waals surface area contributed by atoms with Crippen molar-refractivity contribution in [1.29, 1.82) is 0 Å². The molecule has 2 aromatic heterocycles. The summed E-state index contributed by atoms with van der Waals surface area (Å²) in [6.07, 6.45) is 2.57. The molecule has 4 nitrogen and oxygen atoms in total. The van der Waals surface area contributed by atoms with Crippen LogP contribution in [0, 0.1) is 0 Å². The first-order chi connectivity index (χ1) is 9.96. The molecular weight excluding hydrogens is 284 g/mol. The lowest BCUT2D eigenvalue weighted by atomic mass is 10.1. The second-order valence-corrected chi connectivity index (χ2v) is 7.55. The van der Waals surface area contributed by atoms with E-state index in [9.17, 15) is 4.79 Å². The van der Waals surface area contributed by atoms with Gasteiger partial charge in [-0.1, -0.05) is 23.2 Å². The van der Waals surface area contributed by atoms with Crippen molar-refractivity contribution < 1.29 is 4.84 Å². The Morgan fingerprint density at radius 3 is 2.90 bits per heavy atom. The fraction of sp³-hybridized carbons (Fsp3) is 0.312. The molecule has 1 aliphatic rings. The predicted molar refractivity (Wildman–Crippen MR) is 89.3 cm³/mol. The third-order valence-electron chi connectivity index (χ3n) is 3.47. The zero-order valence-corrected chi connectivity index (χ0v) is 13.0. The highest BCUT2D eigenvalue weighted by Gasteiger charge is 2.29. The van der Waals surface area contributed by atoms with Gasteiger partial charge >= 0.3 is 0 Å². The summed E-state index contributed by atoms with van der Waals surface area (Å²) in [5.41, 5.74) is 1.44. The summed E-state index contributed by atoms with van der Waals surface area (Å²) in [4.78, 5) is 17.9. The van der Waals surface area contributed by atoms with Gasteiger partial charge in [0.2, 0.25) is 0 Å². The number of fused-ring (bicyclic) bond motifs is 1. The summed E-state index contributed by atoms with van der Waals surface area (Å²) in [6.45, 7) is 4.01. The topological polar surface area (TPSA) is 43.1 Å². The van der Waals surface area contributed by atoms with Gasteiger partial charge in [-0.05, 0) is 32.0 Å². The van der Waals surface area contributed by atoms with Gasteiger partial charge in [-0.15, -0.1) is 10.5 Å². The van der Waals surface area contributed by atoms with Crippen LogP contribution < -0.4 is 5.56 Å². The highest BCUT2D eigenvalue weighted by Crippen LogP contribution is 2.31. The molecule has 1 unspecified atom stereocenters. The molecular formula is C16H18N2O2S.